The molecule has 0 N–H and O–H groups in total. The summed E-state index contributed by atoms with van der Waals surface area (Å²) >= 11 is 0. The minimum absolute atomic E-state index is 0.108. The van der Waals surface area contributed by atoms with Gasteiger partial charge in [0, 0.05) is 28.5 Å². The van der Waals surface area contributed by atoms with Crippen LogP contribution in [0.15, 0.2) is 109 Å². The Labute approximate surface area is 199 Å². The molecular formula is C32H20N2. The van der Waals surface area contributed by atoms with Crippen LogP contribution in [-0.2, 0) is 0 Å². The molecule has 6 rings (SSSR count). The van der Waals surface area contributed by atoms with Crippen molar-refractivity contribution in [2.45, 2.75) is 5.92 Å². The molecule has 0 aliphatic heterocycles. The highest BCUT2D eigenvalue weighted by atomic mass is 14.4. The lowest BCUT2D eigenvalue weighted by Crippen LogP contribution is -2.24. The van der Waals surface area contributed by atoms with E-state index in [0.29, 0.717) is 11.1 Å². The Bertz CT molecular complexity index is 1550. The van der Waals surface area contributed by atoms with Crippen molar-refractivity contribution < 1.29 is 0 Å². The number of hydrogen-bond donors (Lipinski definition) is 0. The molecular weight excluding hydrogens is 412 g/mol. The molecule has 0 radical (unpaired) electrons. The highest BCUT2D eigenvalue weighted by Gasteiger charge is 2.38. The molecule has 0 saturated carbocycles. The van der Waals surface area contributed by atoms with Crippen molar-refractivity contribution in [2.75, 3.05) is 0 Å². The third kappa shape index (κ3) is 2.94. The van der Waals surface area contributed by atoms with E-state index in [-0.39, 0.29) is 11.8 Å². The van der Waals surface area contributed by atoms with Gasteiger partial charge in [0.1, 0.15) is 12.1 Å². The monoisotopic (exact) mass is 432 g/mol. The van der Waals surface area contributed by atoms with Gasteiger partial charge in [-0.1, -0.05) is 109 Å². The third-order valence-corrected chi connectivity index (χ3v) is 6.89. The van der Waals surface area contributed by atoms with Gasteiger partial charge in [-0.25, -0.2) is 0 Å². The molecule has 0 bridgehead atoms. The summed E-state index contributed by atoms with van der Waals surface area (Å²) in [5.41, 5.74) is 8.84. The molecule has 0 heterocycles. The van der Waals surface area contributed by atoms with E-state index in [2.05, 4.69) is 42.5 Å². The van der Waals surface area contributed by atoms with Gasteiger partial charge in [-0.3, -0.25) is 0 Å². The second-order valence-electron chi connectivity index (χ2n) is 8.68. The summed E-state index contributed by atoms with van der Waals surface area (Å²) in [6.45, 7) is 0. The summed E-state index contributed by atoms with van der Waals surface area (Å²) in [5, 5.41) is 21.2. The number of allylic oxidation sites excluding steroid dienone is 3. The van der Waals surface area contributed by atoms with Crippen LogP contribution in [0, 0.1) is 28.6 Å². The lowest BCUT2D eigenvalue weighted by atomic mass is 9.65. The number of nitrogens with zero attached hydrogens (tertiary/aromatic N) is 2. The van der Waals surface area contributed by atoms with Gasteiger partial charge in [0.25, 0.3) is 0 Å². The van der Waals surface area contributed by atoms with Crippen LogP contribution in [-0.4, -0.2) is 0 Å². The van der Waals surface area contributed by atoms with Crippen molar-refractivity contribution >= 4 is 5.57 Å². The minimum atomic E-state index is 0.108. The lowest BCUT2D eigenvalue weighted by Gasteiger charge is -2.37. The zero-order chi connectivity index (χ0) is 23.1. The van der Waals surface area contributed by atoms with Crippen LogP contribution >= 0.6 is 0 Å². The van der Waals surface area contributed by atoms with E-state index < -0.39 is 0 Å². The molecule has 4 aromatic carbocycles. The van der Waals surface area contributed by atoms with Gasteiger partial charge in [-0.05, 0) is 27.8 Å². The maximum absolute atomic E-state index is 10.6. The summed E-state index contributed by atoms with van der Waals surface area (Å²) < 4.78 is 0. The first kappa shape index (κ1) is 20.0. The topological polar surface area (TPSA) is 47.6 Å². The SMILES string of the molecule is N#Cc1c2c(c(C#N)c(-c3ccccc3)c1-c1ccccc1)[C@H]1C=C[C@H]1C=C2c1ccccc1. The van der Waals surface area contributed by atoms with Crippen LogP contribution in [0.3, 0.4) is 0 Å². The molecule has 0 amide bonds. The Morgan fingerprint density at radius 1 is 0.529 bits per heavy atom. The Hall–Kier alpha value is -4.66. The number of benzene rings is 4. The van der Waals surface area contributed by atoms with Gasteiger partial charge in [-0.15, -0.1) is 0 Å². The van der Waals surface area contributed by atoms with E-state index in [1.165, 1.54) is 0 Å². The second-order valence-corrected chi connectivity index (χ2v) is 8.68. The van der Waals surface area contributed by atoms with Gasteiger partial charge in [0.15, 0.2) is 0 Å². The van der Waals surface area contributed by atoms with Crippen molar-refractivity contribution in [1.29, 1.82) is 10.5 Å². The van der Waals surface area contributed by atoms with Gasteiger partial charge < -0.3 is 0 Å². The number of nitriles is 2. The van der Waals surface area contributed by atoms with Crippen molar-refractivity contribution in [2.24, 2.45) is 5.92 Å². The molecule has 2 nitrogen and oxygen atoms in total. The molecule has 0 aromatic heterocycles. The molecule has 158 valence electrons. The maximum Gasteiger partial charge on any atom is 0.100 e. The van der Waals surface area contributed by atoms with E-state index in [9.17, 15) is 10.5 Å². The Morgan fingerprint density at radius 2 is 1.03 bits per heavy atom. The summed E-state index contributed by atoms with van der Waals surface area (Å²) in [6.07, 6.45) is 6.62. The van der Waals surface area contributed by atoms with E-state index in [4.69, 9.17) is 0 Å². The fourth-order valence-corrected chi connectivity index (χ4v) is 5.33. The second kappa shape index (κ2) is 8.04. The predicted octanol–water partition coefficient (Wildman–Crippen LogP) is 7.48. The Kier molecular flexibility index (Phi) is 4.72. The van der Waals surface area contributed by atoms with Crippen molar-refractivity contribution in [3.63, 3.8) is 0 Å². The fourth-order valence-electron chi connectivity index (χ4n) is 5.33. The molecule has 0 saturated heterocycles. The predicted molar refractivity (Wildman–Crippen MR) is 136 cm³/mol. The van der Waals surface area contributed by atoms with Crippen LogP contribution in [0.25, 0.3) is 27.8 Å². The summed E-state index contributed by atoms with van der Waals surface area (Å²) in [7, 11) is 0. The zero-order valence-corrected chi connectivity index (χ0v) is 18.4. The Morgan fingerprint density at radius 3 is 1.50 bits per heavy atom. The molecule has 2 aliphatic carbocycles. The van der Waals surface area contributed by atoms with Crippen LogP contribution in [0.4, 0.5) is 0 Å². The summed E-state index contributed by atoms with van der Waals surface area (Å²) in [6, 6.07) is 35.3. The van der Waals surface area contributed by atoms with E-state index >= 15 is 0 Å². The van der Waals surface area contributed by atoms with Crippen molar-refractivity contribution in [1.82, 2.24) is 0 Å². The molecule has 2 atom stereocenters. The molecule has 2 heteroatoms. The zero-order valence-electron chi connectivity index (χ0n) is 18.4. The van der Waals surface area contributed by atoms with Gasteiger partial charge in [0.2, 0.25) is 0 Å². The van der Waals surface area contributed by atoms with E-state index in [0.717, 1.165) is 44.5 Å². The third-order valence-electron chi connectivity index (χ3n) is 6.89. The van der Waals surface area contributed by atoms with Crippen molar-refractivity contribution in [3.05, 3.63) is 137 Å². The number of hydrogen-bond acceptors (Lipinski definition) is 2. The van der Waals surface area contributed by atoms with Crippen LogP contribution in [0.5, 0.6) is 0 Å². The lowest BCUT2D eigenvalue weighted by molar-refractivity contribution is 0.632. The molecule has 4 aromatic rings. The average molecular weight is 433 g/mol. The standard InChI is InChI=1S/C32H20N2/c33-19-27-29(22-12-6-2-7-13-22)30(23-14-8-3-9-15-23)28(20-34)32-26(21-10-4-1-5-11-21)18-24-16-17-25(24)31(27)32/h1-18,24-25H/t24-,25-/m0/s1. The number of rotatable bonds is 3. The fraction of sp³-hybridized carbons (Fsp3) is 0.0625. The smallest absolute Gasteiger partial charge is 0.100 e. The highest BCUT2D eigenvalue weighted by molar-refractivity contribution is 5.99. The number of fused-ring (bicyclic) bond motifs is 3. The molecule has 0 fully saturated rings. The first-order valence-electron chi connectivity index (χ1n) is 11.4. The molecule has 34 heavy (non-hydrogen) atoms. The van der Waals surface area contributed by atoms with Gasteiger partial charge in [0.05, 0.1) is 11.1 Å². The van der Waals surface area contributed by atoms with Gasteiger partial charge >= 0.3 is 0 Å². The van der Waals surface area contributed by atoms with E-state index in [1.54, 1.807) is 0 Å². The summed E-state index contributed by atoms with van der Waals surface area (Å²) in [5.74, 6) is 0.337. The maximum atomic E-state index is 10.6. The average Bonchev–Trinajstić information content (AvgIpc) is 2.89. The first-order chi connectivity index (χ1) is 16.8. The summed E-state index contributed by atoms with van der Waals surface area (Å²) in [4.78, 5) is 0. The van der Waals surface area contributed by atoms with Crippen LogP contribution < -0.4 is 0 Å². The largest absolute Gasteiger partial charge is 0.192 e. The van der Waals surface area contributed by atoms with Crippen molar-refractivity contribution in [3.8, 4) is 34.4 Å². The minimum Gasteiger partial charge on any atom is -0.192 e. The normalized spacial score (nSPS) is 17.4. The van der Waals surface area contributed by atoms with Gasteiger partial charge in [-0.2, -0.15) is 10.5 Å². The first-order valence-corrected chi connectivity index (χ1v) is 11.4. The Balaban J connectivity index is 1.81. The quantitative estimate of drug-likeness (QED) is 0.315. The molecule has 2 aliphatic rings. The molecule has 0 spiro atoms. The van der Waals surface area contributed by atoms with E-state index in [1.807, 2.05) is 78.9 Å². The molecule has 0 unspecified atom stereocenters. The van der Waals surface area contributed by atoms with Crippen LogP contribution in [0.2, 0.25) is 0 Å². The highest BCUT2D eigenvalue weighted by Crippen LogP contribution is 2.53. The van der Waals surface area contributed by atoms with Crippen LogP contribution in [0.1, 0.15) is 33.7 Å².